The van der Waals surface area contributed by atoms with Crippen molar-refractivity contribution in [1.29, 1.82) is 0 Å². The molecule has 0 saturated heterocycles. The zero-order chi connectivity index (χ0) is 10.7. The SMILES string of the molecule is COc1ccc([C@@H]2C[C@H](O)C=CO2)cc1. The molecule has 0 unspecified atom stereocenters. The first-order valence-electron chi connectivity index (χ1n) is 4.94. The third-order valence-corrected chi connectivity index (χ3v) is 2.49. The molecule has 2 rings (SSSR count). The van der Waals surface area contributed by atoms with Crippen LogP contribution in [0.4, 0.5) is 0 Å². The first-order valence-corrected chi connectivity index (χ1v) is 4.94. The molecule has 2 atom stereocenters. The molecule has 1 aliphatic rings. The highest BCUT2D eigenvalue weighted by Gasteiger charge is 2.18. The summed E-state index contributed by atoms with van der Waals surface area (Å²) in [4.78, 5) is 0. The molecule has 1 heterocycles. The number of methoxy groups -OCH3 is 1. The number of rotatable bonds is 2. The Morgan fingerprint density at radius 2 is 2.07 bits per heavy atom. The van der Waals surface area contributed by atoms with Crippen molar-refractivity contribution in [2.24, 2.45) is 0 Å². The molecule has 80 valence electrons. The topological polar surface area (TPSA) is 38.7 Å². The van der Waals surface area contributed by atoms with Gasteiger partial charge < -0.3 is 14.6 Å². The second-order valence-electron chi connectivity index (χ2n) is 3.53. The molecule has 0 fully saturated rings. The lowest BCUT2D eigenvalue weighted by atomic mass is 10.0. The van der Waals surface area contributed by atoms with Gasteiger partial charge in [-0.2, -0.15) is 0 Å². The van der Waals surface area contributed by atoms with Crippen LogP contribution in [0.15, 0.2) is 36.6 Å². The maximum atomic E-state index is 9.45. The lowest BCUT2D eigenvalue weighted by Gasteiger charge is -2.22. The maximum absolute atomic E-state index is 9.45. The van der Waals surface area contributed by atoms with Crippen LogP contribution < -0.4 is 4.74 Å². The van der Waals surface area contributed by atoms with Crippen molar-refractivity contribution in [2.75, 3.05) is 7.11 Å². The fourth-order valence-corrected chi connectivity index (χ4v) is 1.62. The third kappa shape index (κ3) is 2.30. The summed E-state index contributed by atoms with van der Waals surface area (Å²) in [5, 5.41) is 9.45. The standard InChI is InChI=1S/C12H14O3/c1-14-11-4-2-9(3-5-11)12-8-10(13)6-7-15-12/h2-7,10,12-13H,8H2,1H3/t10-,12+/m1/s1. The molecule has 0 aromatic heterocycles. The van der Waals surface area contributed by atoms with Gasteiger partial charge in [0.1, 0.15) is 11.9 Å². The van der Waals surface area contributed by atoms with Crippen molar-refractivity contribution in [3.63, 3.8) is 0 Å². The van der Waals surface area contributed by atoms with E-state index in [1.807, 2.05) is 24.3 Å². The summed E-state index contributed by atoms with van der Waals surface area (Å²) in [5.74, 6) is 0.825. The molecule has 0 saturated carbocycles. The molecular weight excluding hydrogens is 192 g/mol. The molecule has 1 aromatic rings. The largest absolute Gasteiger partial charge is 0.497 e. The fraction of sp³-hybridized carbons (Fsp3) is 0.333. The van der Waals surface area contributed by atoms with Crippen molar-refractivity contribution in [3.8, 4) is 5.75 Å². The van der Waals surface area contributed by atoms with Crippen molar-refractivity contribution >= 4 is 0 Å². The van der Waals surface area contributed by atoms with Crippen molar-refractivity contribution in [2.45, 2.75) is 18.6 Å². The highest BCUT2D eigenvalue weighted by Crippen LogP contribution is 2.27. The highest BCUT2D eigenvalue weighted by atomic mass is 16.5. The Bertz CT molecular complexity index is 342. The van der Waals surface area contributed by atoms with Gasteiger partial charge in [-0.25, -0.2) is 0 Å². The van der Waals surface area contributed by atoms with Gasteiger partial charge in [-0.15, -0.1) is 0 Å². The molecule has 3 heteroatoms. The van der Waals surface area contributed by atoms with Crippen LogP contribution in [0.3, 0.4) is 0 Å². The first-order chi connectivity index (χ1) is 7.29. The summed E-state index contributed by atoms with van der Waals surface area (Å²) >= 11 is 0. The fourth-order valence-electron chi connectivity index (χ4n) is 1.62. The zero-order valence-electron chi connectivity index (χ0n) is 8.59. The number of hydrogen-bond acceptors (Lipinski definition) is 3. The zero-order valence-corrected chi connectivity index (χ0v) is 8.59. The van der Waals surface area contributed by atoms with E-state index in [9.17, 15) is 5.11 Å². The average molecular weight is 206 g/mol. The second-order valence-corrected chi connectivity index (χ2v) is 3.53. The lowest BCUT2D eigenvalue weighted by molar-refractivity contribution is 0.0641. The van der Waals surface area contributed by atoms with E-state index in [1.165, 1.54) is 0 Å². The van der Waals surface area contributed by atoms with Crippen LogP contribution in [0.1, 0.15) is 18.1 Å². The van der Waals surface area contributed by atoms with Crippen LogP contribution in [0.25, 0.3) is 0 Å². The Morgan fingerprint density at radius 1 is 1.33 bits per heavy atom. The summed E-state index contributed by atoms with van der Waals surface area (Å²) in [7, 11) is 1.64. The Morgan fingerprint density at radius 3 is 2.67 bits per heavy atom. The van der Waals surface area contributed by atoms with Gasteiger partial charge in [-0.05, 0) is 23.8 Å². The van der Waals surface area contributed by atoms with Gasteiger partial charge in [0.2, 0.25) is 0 Å². The molecular formula is C12H14O3. The number of ether oxygens (including phenoxy) is 2. The van der Waals surface area contributed by atoms with Gasteiger partial charge in [0.25, 0.3) is 0 Å². The van der Waals surface area contributed by atoms with E-state index in [0.717, 1.165) is 11.3 Å². The summed E-state index contributed by atoms with van der Waals surface area (Å²) in [6.07, 6.45) is 3.34. The Hall–Kier alpha value is -1.48. The van der Waals surface area contributed by atoms with E-state index < -0.39 is 6.10 Å². The van der Waals surface area contributed by atoms with Crippen LogP contribution in [0, 0.1) is 0 Å². The molecule has 15 heavy (non-hydrogen) atoms. The molecule has 1 N–H and O–H groups in total. The molecule has 1 aliphatic heterocycles. The van der Waals surface area contributed by atoms with E-state index in [1.54, 1.807) is 19.4 Å². The molecule has 0 bridgehead atoms. The maximum Gasteiger partial charge on any atom is 0.126 e. The molecule has 1 aromatic carbocycles. The van der Waals surface area contributed by atoms with Gasteiger partial charge in [-0.3, -0.25) is 0 Å². The molecule has 0 amide bonds. The van der Waals surface area contributed by atoms with Crippen LogP contribution in [0.5, 0.6) is 5.75 Å². The van der Waals surface area contributed by atoms with E-state index in [4.69, 9.17) is 9.47 Å². The Kier molecular flexibility index (Phi) is 2.92. The Labute approximate surface area is 88.9 Å². The highest BCUT2D eigenvalue weighted by molar-refractivity contribution is 5.29. The number of aliphatic hydroxyl groups is 1. The summed E-state index contributed by atoms with van der Waals surface area (Å²) in [6.45, 7) is 0. The van der Waals surface area contributed by atoms with E-state index in [0.29, 0.717) is 6.42 Å². The van der Waals surface area contributed by atoms with Crippen molar-refractivity contribution in [1.82, 2.24) is 0 Å². The monoisotopic (exact) mass is 206 g/mol. The van der Waals surface area contributed by atoms with Gasteiger partial charge >= 0.3 is 0 Å². The molecule has 3 nitrogen and oxygen atoms in total. The quantitative estimate of drug-likeness (QED) is 0.804. The van der Waals surface area contributed by atoms with Crippen LogP contribution in [-0.4, -0.2) is 18.3 Å². The smallest absolute Gasteiger partial charge is 0.126 e. The minimum absolute atomic E-state index is 0.0593. The van der Waals surface area contributed by atoms with Crippen LogP contribution >= 0.6 is 0 Å². The minimum atomic E-state index is -0.411. The van der Waals surface area contributed by atoms with E-state index in [2.05, 4.69) is 0 Å². The molecule has 0 aliphatic carbocycles. The first kappa shape index (κ1) is 10.1. The number of aliphatic hydroxyl groups excluding tert-OH is 1. The van der Waals surface area contributed by atoms with Gasteiger partial charge in [0.05, 0.1) is 19.5 Å². The van der Waals surface area contributed by atoms with Crippen LogP contribution in [-0.2, 0) is 4.74 Å². The number of benzene rings is 1. The summed E-state index contributed by atoms with van der Waals surface area (Å²) < 4.78 is 10.5. The van der Waals surface area contributed by atoms with Gasteiger partial charge in [-0.1, -0.05) is 12.1 Å². The summed E-state index contributed by atoms with van der Waals surface area (Å²) in [5.41, 5.74) is 1.05. The molecule has 0 radical (unpaired) electrons. The number of hydrogen-bond donors (Lipinski definition) is 1. The van der Waals surface area contributed by atoms with Gasteiger partial charge in [0, 0.05) is 6.42 Å². The van der Waals surface area contributed by atoms with Crippen LogP contribution in [0.2, 0.25) is 0 Å². The Balaban J connectivity index is 2.12. The van der Waals surface area contributed by atoms with Crippen molar-refractivity contribution < 1.29 is 14.6 Å². The van der Waals surface area contributed by atoms with Crippen molar-refractivity contribution in [3.05, 3.63) is 42.2 Å². The average Bonchev–Trinajstić information content (AvgIpc) is 2.29. The second kappa shape index (κ2) is 4.36. The lowest BCUT2D eigenvalue weighted by Crippen LogP contribution is -2.15. The summed E-state index contributed by atoms with van der Waals surface area (Å²) in [6, 6.07) is 7.69. The third-order valence-electron chi connectivity index (χ3n) is 2.49. The normalized spacial score (nSPS) is 24.7. The molecule has 0 spiro atoms. The minimum Gasteiger partial charge on any atom is -0.497 e. The van der Waals surface area contributed by atoms with E-state index >= 15 is 0 Å². The van der Waals surface area contributed by atoms with E-state index in [-0.39, 0.29) is 6.10 Å². The van der Waals surface area contributed by atoms with Gasteiger partial charge in [0.15, 0.2) is 0 Å². The predicted molar refractivity (Wildman–Crippen MR) is 56.6 cm³/mol. The predicted octanol–water partition coefficient (Wildman–Crippen LogP) is 2.03.